The summed E-state index contributed by atoms with van der Waals surface area (Å²) < 4.78 is 53.4. The lowest BCUT2D eigenvalue weighted by molar-refractivity contribution is -0.107. The lowest BCUT2D eigenvalue weighted by Crippen LogP contribution is -2.39. The molecule has 0 fully saturated rings. The fourth-order valence-electron chi connectivity index (χ4n) is 5.51. The van der Waals surface area contributed by atoms with Crippen molar-refractivity contribution in [3.8, 4) is 23.0 Å². The van der Waals surface area contributed by atoms with E-state index in [1.54, 1.807) is 43.5 Å². The molecule has 0 bridgehead atoms. The number of nitrogens with zero attached hydrogens (tertiary/aromatic N) is 1. The monoisotopic (exact) mass is 601 g/mol. The predicted octanol–water partition coefficient (Wildman–Crippen LogP) is 5.83. The standard InChI is InChI=1S/C34H35NO7S/c1-23-10-13-27(14-11-23)43(37,38)35-21-29-25(12-15-31(39-2)34(29)42-22-24-8-6-5-7-9-24)18-30(35)28-20-33(41-4)32(40-3)19-26(28)16-17-36/h5-15,17,19-20,30H,16,18,21-22H2,1-4H3. The number of hydrogen-bond acceptors (Lipinski definition) is 7. The second-order valence-corrected chi connectivity index (χ2v) is 12.3. The lowest BCUT2D eigenvalue weighted by atomic mass is 9.88. The summed E-state index contributed by atoms with van der Waals surface area (Å²) in [5.74, 6) is 1.95. The maximum absolute atomic E-state index is 14.4. The first-order valence-electron chi connectivity index (χ1n) is 13.9. The molecule has 9 heteroatoms. The fourth-order valence-corrected chi connectivity index (χ4v) is 7.09. The van der Waals surface area contributed by atoms with Gasteiger partial charge in [0.25, 0.3) is 0 Å². The van der Waals surface area contributed by atoms with E-state index in [-0.39, 0.29) is 17.9 Å². The SMILES string of the molecule is COc1cc(CC=O)c(C2Cc3ccc(OC)c(OCc4ccccc4)c3CN2S(=O)(=O)c2ccc(C)cc2)cc1OC. The summed E-state index contributed by atoms with van der Waals surface area (Å²) in [7, 11) is 0.609. The number of aldehydes is 1. The van der Waals surface area contributed by atoms with Crippen LogP contribution in [0.2, 0.25) is 0 Å². The number of rotatable bonds is 11. The van der Waals surface area contributed by atoms with Gasteiger partial charge in [0, 0.05) is 18.5 Å². The van der Waals surface area contributed by atoms with Gasteiger partial charge in [-0.3, -0.25) is 0 Å². The first-order valence-corrected chi connectivity index (χ1v) is 15.4. The molecule has 5 rings (SSSR count). The zero-order valence-corrected chi connectivity index (χ0v) is 25.5. The van der Waals surface area contributed by atoms with Crippen LogP contribution < -0.4 is 18.9 Å². The van der Waals surface area contributed by atoms with Crippen molar-refractivity contribution in [1.29, 1.82) is 0 Å². The minimum atomic E-state index is -4.01. The van der Waals surface area contributed by atoms with Gasteiger partial charge in [0.15, 0.2) is 23.0 Å². The molecule has 43 heavy (non-hydrogen) atoms. The van der Waals surface area contributed by atoms with E-state index in [1.165, 1.54) is 18.5 Å². The van der Waals surface area contributed by atoms with Gasteiger partial charge in [0.2, 0.25) is 10.0 Å². The average molecular weight is 602 g/mol. The van der Waals surface area contributed by atoms with E-state index in [1.807, 2.05) is 49.4 Å². The predicted molar refractivity (Wildman–Crippen MR) is 163 cm³/mol. The Kier molecular flexibility index (Phi) is 9.03. The van der Waals surface area contributed by atoms with Crippen molar-refractivity contribution in [1.82, 2.24) is 4.31 Å². The fraction of sp³-hybridized carbons (Fsp3) is 0.265. The van der Waals surface area contributed by atoms with Crippen LogP contribution in [0.1, 0.15) is 39.4 Å². The summed E-state index contributed by atoms with van der Waals surface area (Å²) in [6, 6.07) is 23.3. The Bertz CT molecular complexity index is 1700. The molecule has 0 aromatic heterocycles. The van der Waals surface area contributed by atoms with Crippen molar-refractivity contribution in [3.05, 3.63) is 112 Å². The molecule has 1 aliphatic rings. The number of benzene rings is 4. The smallest absolute Gasteiger partial charge is 0.243 e. The largest absolute Gasteiger partial charge is 0.493 e. The van der Waals surface area contributed by atoms with E-state index < -0.39 is 16.1 Å². The third-order valence-electron chi connectivity index (χ3n) is 7.78. The second-order valence-electron chi connectivity index (χ2n) is 10.4. The summed E-state index contributed by atoms with van der Waals surface area (Å²) in [4.78, 5) is 11.9. The number of fused-ring (bicyclic) bond motifs is 1. The van der Waals surface area contributed by atoms with Gasteiger partial charge in [-0.1, -0.05) is 54.1 Å². The number of carbonyl (C=O) groups is 1. The van der Waals surface area contributed by atoms with E-state index in [0.717, 1.165) is 28.5 Å². The first-order chi connectivity index (χ1) is 20.8. The minimum absolute atomic E-state index is 0.0341. The molecule has 0 radical (unpaired) electrons. The Hall–Kier alpha value is -4.34. The van der Waals surface area contributed by atoms with Crippen LogP contribution in [-0.4, -0.2) is 40.3 Å². The van der Waals surface area contributed by atoms with Crippen molar-refractivity contribution < 1.29 is 32.2 Å². The molecule has 0 amide bonds. The van der Waals surface area contributed by atoms with Gasteiger partial charge >= 0.3 is 0 Å². The van der Waals surface area contributed by atoms with Gasteiger partial charge < -0.3 is 23.7 Å². The number of ether oxygens (including phenoxy) is 4. The van der Waals surface area contributed by atoms with Gasteiger partial charge in [-0.25, -0.2) is 8.42 Å². The van der Waals surface area contributed by atoms with Crippen LogP contribution in [0, 0.1) is 6.92 Å². The van der Waals surface area contributed by atoms with E-state index >= 15 is 0 Å². The molecule has 1 heterocycles. The molecule has 1 unspecified atom stereocenters. The number of methoxy groups -OCH3 is 3. The average Bonchev–Trinajstić information content (AvgIpc) is 3.03. The zero-order chi connectivity index (χ0) is 30.6. The van der Waals surface area contributed by atoms with Crippen LogP contribution in [0.15, 0.2) is 83.8 Å². The Morgan fingerprint density at radius 3 is 2.19 bits per heavy atom. The minimum Gasteiger partial charge on any atom is -0.493 e. The van der Waals surface area contributed by atoms with Crippen LogP contribution in [0.5, 0.6) is 23.0 Å². The second kappa shape index (κ2) is 12.9. The van der Waals surface area contributed by atoms with Crippen LogP contribution in [0.4, 0.5) is 0 Å². The summed E-state index contributed by atoms with van der Waals surface area (Å²) >= 11 is 0. The van der Waals surface area contributed by atoms with E-state index in [9.17, 15) is 13.2 Å². The van der Waals surface area contributed by atoms with Crippen LogP contribution in [-0.2, 0) is 40.8 Å². The molecule has 4 aromatic rings. The van der Waals surface area contributed by atoms with Crippen LogP contribution in [0.3, 0.4) is 0 Å². The highest BCUT2D eigenvalue weighted by molar-refractivity contribution is 7.89. The quantitative estimate of drug-likeness (QED) is 0.200. The van der Waals surface area contributed by atoms with Crippen LogP contribution in [0.25, 0.3) is 0 Å². The van der Waals surface area contributed by atoms with Crippen molar-refractivity contribution in [2.45, 2.75) is 43.9 Å². The third kappa shape index (κ3) is 6.09. The molecule has 0 N–H and O–H groups in total. The van der Waals surface area contributed by atoms with Gasteiger partial charge in [-0.2, -0.15) is 4.31 Å². The molecular formula is C34H35NO7S. The van der Waals surface area contributed by atoms with Gasteiger partial charge in [0.1, 0.15) is 12.9 Å². The van der Waals surface area contributed by atoms with E-state index in [4.69, 9.17) is 18.9 Å². The molecule has 1 aliphatic heterocycles. The van der Waals surface area contributed by atoms with Crippen molar-refractivity contribution in [3.63, 3.8) is 0 Å². The van der Waals surface area contributed by atoms with Crippen molar-refractivity contribution in [2.75, 3.05) is 21.3 Å². The number of carbonyl (C=O) groups excluding carboxylic acids is 1. The molecule has 1 atom stereocenters. The van der Waals surface area contributed by atoms with Gasteiger partial charge in [-0.05, 0) is 65.9 Å². The molecule has 8 nitrogen and oxygen atoms in total. The summed E-state index contributed by atoms with van der Waals surface area (Å²) in [6.07, 6.45) is 1.24. The summed E-state index contributed by atoms with van der Waals surface area (Å²) in [6.45, 7) is 2.24. The summed E-state index contributed by atoms with van der Waals surface area (Å²) in [5, 5.41) is 0. The highest BCUT2D eigenvalue weighted by Crippen LogP contribution is 2.46. The van der Waals surface area contributed by atoms with E-state index in [2.05, 4.69) is 0 Å². The third-order valence-corrected chi connectivity index (χ3v) is 9.65. The lowest BCUT2D eigenvalue weighted by Gasteiger charge is -2.38. The number of hydrogen-bond donors (Lipinski definition) is 0. The Morgan fingerprint density at radius 1 is 0.860 bits per heavy atom. The maximum atomic E-state index is 14.4. The Morgan fingerprint density at radius 2 is 1.53 bits per heavy atom. The molecule has 4 aromatic carbocycles. The Balaban J connectivity index is 1.68. The summed E-state index contributed by atoms with van der Waals surface area (Å²) in [5.41, 5.74) is 4.93. The molecular weight excluding hydrogens is 566 g/mol. The van der Waals surface area contributed by atoms with Crippen molar-refractivity contribution in [2.24, 2.45) is 0 Å². The molecule has 0 spiro atoms. The normalized spacial score (nSPS) is 14.9. The van der Waals surface area contributed by atoms with Gasteiger partial charge in [0.05, 0.1) is 32.3 Å². The highest BCUT2D eigenvalue weighted by Gasteiger charge is 2.40. The van der Waals surface area contributed by atoms with Crippen molar-refractivity contribution >= 4 is 16.3 Å². The molecule has 0 saturated heterocycles. The molecule has 224 valence electrons. The van der Waals surface area contributed by atoms with E-state index in [0.29, 0.717) is 47.2 Å². The zero-order valence-electron chi connectivity index (χ0n) is 24.7. The molecule has 0 saturated carbocycles. The topological polar surface area (TPSA) is 91.4 Å². The number of sulfonamides is 1. The molecule has 0 aliphatic carbocycles. The highest BCUT2D eigenvalue weighted by atomic mass is 32.2. The first kappa shape index (κ1) is 30.1. The van der Waals surface area contributed by atoms with Gasteiger partial charge in [-0.15, -0.1) is 0 Å². The maximum Gasteiger partial charge on any atom is 0.243 e. The van der Waals surface area contributed by atoms with Crippen LogP contribution >= 0.6 is 0 Å². The Labute approximate surface area is 252 Å². The number of aryl methyl sites for hydroxylation is 1.